The third kappa shape index (κ3) is 2.24. The maximum atomic E-state index is 7.62. The minimum atomic E-state index is 0.193. The van der Waals surface area contributed by atoms with Gasteiger partial charge in [-0.1, -0.05) is 19.8 Å². The highest BCUT2D eigenvalue weighted by Gasteiger charge is 2.38. The summed E-state index contributed by atoms with van der Waals surface area (Å²) in [5.41, 5.74) is 6.34. The van der Waals surface area contributed by atoms with Gasteiger partial charge in [0.25, 0.3) is 0 Å². The van der Waals surface area contributed by atoms with Gasteiger partial charge in [-0.15, -0.1) is 0 Å². The second kappa shape index (κ2) is 4.74. The lowest BCUT2D eigenvalue weighted by Gasteiger charge is -2.42. The predicted octanol–water partition coefficient (Wildman–Crippen LogP) is 2.36. The van der Waals surface area contributed by atoms with Gasteiger partial charge in [-0.2, -0.15) is 0 Å². The summed E-state index contributed by atoms with van der Waals surface area (Å²) in [4.78, 5) is 2.42. The number of hydrogen-bond donors (Lipinski definition) is 2. The molecule has 1 spiro atoms. The van der Waals surface area contributed by atoms with Crippen LogP contribution >= 0.6 is 0 Å². The third-order valence-electron chi connectivity index (χ3n) is 4.71. The Morgan fingerprint density at radius 3 is 2.25 bits per heavy atom. The SMILES string of the molecule is CCC(C(=N)N)N1CCC2(CCCC2)CC1. The summed E-state index contributed by atoms with van der Waals surface area (Å²) in [6, 6.07) is 0.193. The fourth-order valence-electron chi connectivity index (χ4n) is 3.61. The van der Waals surface area contributed by atoms with Crippen LogP contribution in [0, 0.1) is 10.8 Å². The molecule has 1 saturated carbocycles. The summed E-state index contributed by atoms with van der Waals surface area (Å²) in [5.74, 6) is 0.352. The number of nitrogens with zero attached hydrogens (tertiary/aromatic N) is 1. The van der Waals surface area contributed by atoms with Crippen molar-refractivity contribution in [2.75, 3.05) is 13.1 Å². The number of likely N-dealkylation sites (tertiary alicyclic amines) is 1. The van der Waals surface area contributed by atoms with Crippen LogP contribution < -0.4 is 5.73 Å². The quantitative estimate of drug-likeness (QED) is 0.570. The Labute approximate surface area is 98.9 Å². The van der Waals surface area contributed by atoms with E-state index >= 15 is 0 Å². The van der Waals surface area contributed by atoms with Crippen LogP contribution in [0.1, 0.15) is 51.9 Å². The minimum Gasteiger partial charge on any atom is -0.386 e. The molecule has 0 aromatic heterocycles. The van der Waals surface area contributed by atoms with Crippen molar-refractivity contribution in [3.05, 3.63) is 0 Å². The van der Waals surface area contributed by atoms with Crippen LogP contribution in [0.15, 0.2) is 0 Å². The van der Waals surface area contributed by atoms with Crippen molar-refractivity contribution < 1.29 is 0 Å². The molecule has 3 N–H and O–H groups in total. The van der Waals surface area contributed by atoms with Crippen molar-refractivity contribution in [3.63, 3.8) is 0 Å². The maximum absolute atomic E-state index is 7.62. The van der Waals surface area contributed by atoms with E-state index < -0.39 is 0 Å². The lowest BCUT2D eigenvalue weighted by molar-refractivity contribution is 0.0934. The van der Waals surface area contributed by atoms with Gasteiger partial charge in [0.05, 0.1) is 6.04 Å². The van der Waals surface area contributed by atoms with Gasteiger partial charge >= 0.3 is 0 Å². The third-order valence-corrected chi connectivity index (χ3v) is 4.71. The van der Waals surface area contributed by atoms with Gasteiger partial charge in [0.1, 0.15) is 5.84 Å². The van der Waals surface area contributed by atoms with Crippen LogP contribution in [0.5, 0.6) is 0 Å². The first-order chi connectivity index (χ1) is 7.67. The average Bonchev–Trinajstić information content (AvgIpc) is 2.70. The van der Waals surface area contributed by atoms with Gasteiger partial charge in [-0.3, -0.25) is 10.3 Å². The first-order valence-corrected chi connectivity index (χ1v) is 6.75. The summed E-state index contributed by atoms with van der Waals surface area (Å²) >= 11 is 0. The molecule has 1 saturated heterocycles. The molecule has 3 nitrogen and oxygen atoms in total. The van der Waals surface area contributed by atoms with E-state index in [1.165, 1.54) is 38.5 Å². The van der Waals surface area contributed by atoms with E-state index in [0.29, 0.717) is 11.3 Å². The van der Waals surface area contributed by atoms with Crippen LogP contribution in [-0.2, 0) is 0 Å². The van der Waals surface area contributed by atoms with Gasteiger partial charge in [0.15, 0.2) is 0 Å². The molecule has 0 radical (unpaired) electrons. The number of rotatable bonds is 3. The van der Waals surface area contributed by atoms with Crippen LogP contribution in [0.2, 0.25) is 0 Å². The van der Waals surface area contributed by atoms with E-state index in [-0.39, 0.29) is 6.04 Å². The summed E-state index contributed by atoms with van der Waals surface area (Å²) in [5, 5.41) is 7.62. The highest BCUT2D eigenvalue weighted by atomic mass is 15.2. The minimum absolute atomic E-state index is 0.193. The Morgan fingerprint density at radius 1 is 1.25 bits per heavy atom. The Kier molecular flexibility index (Phi) is 3.53. The van der Waals surface area contributed by atoms with Gasteiger partial charge in [-0.05, 0) is 50.6 Å². The molecule has 1 atom stereocenters. The predicted molar refractivity (Wildman–Crippen MR) is 67.7 cm³/mol. The van der Waals surface area contributed by atoms with Crippen LogP contribution in [0.4, 0.5) is 0 Å². The van der Waals surface area contributed by atoms with Gasteiger partial charge in [-0.25, -0.2) is 0 Å². The molecule has 0 bridgehead atoms. The number of amidine groups is 1. The zero-order valence-corrected chi connectivity index (χ0v) is 10.5. The second-order valence-electron chi connectivity index (χ2n) is 5.62. The maximum Gasteiger partial charge on any atom is 0.108 e. The fourth-order valence-corrected chi connectivity index (χ4v) is 3.61. The van der Waals surface area contributed by atoms with Crippen molar-refractivity contribution in [1.29, 1.82) is 5.41 Å². The summed E-state index contributed by atoms with van der Waals surface area (Å²) in [6.07, 6.45) is 9.39. The molecule has 0 aromatic rings. The van der Waals surface area contributed by atoms with Crippen LogP contribution in [-0.4, -0.2) is 29.9 Å². The van der Waals surface area contributed by atoms with Crippen molar-refractivity contribution in [2.24, 2.45) is 11.1 Å². The Balaban J connectivity index is 1.91. The zero-order chi connectivity index (χ0) is 11.6. The molecule has 1 aliphatic heterocycles. The zero-order valence-electron chi connectivity index (χ0n) is 10.5. The molecule has 2 fully saturated rings. The van der Waals surface area contributed by atoms with E-state index in [1.54, 1.807) is 0 Å². The Bertz CT molecular complexity index is 246. The topological polar surface area (TPSA) is 53.1 Å². The molecule has 0 aromatic carbocycles. The molecule has 1 unspecified atom stereocenters. The first-order valence-electron chi connectivity index (χ1n) is 6.75. The molecule has 1 heterocycles. The van der Waals surface area contributed by atoms with E-state index in [1.807, 2.05) is 0 Å². The molecule has 92 valence electrons. The molecule has 0 amide bonds. The van der Waals surface area contributed by atoms with E-state index in [0.717, 1.165) is 19.5 Å². The van der Waals surface area contributed by atoms with E-state index in [4.69, 9.17) is 11.1 Å². The lowest BCUT2D eigenvalue weighted by Crippen LogP contribution is -2.49. The summed E-state index contributed by atoms with van der Waals surface area (Å²) in [7, 11) is 0. The normalized spacial score (nSPS) is 27.1. The molecule has 3 heteroatoms. The number of hydrogen-bond acceptors (Lipinski definition) is 2. The van der Waals surface area contributed by atoms with Crippen molar-refractivity contribution in [3.8, 4) is 0 Å². The molecule has 16 heavy (non-hydrogen) atoms. The highest BCUT2D eigenvalue weighted by molar-refractivity contribution is 5.82. The fraction of sp³-hybridized carbons (Fsp3) is 0.923. The smallest absolute Gasteiger partial charge is 0.108 e. The van der Waals surface area contributed by atoms with E-state index in [2.05, 4.69) is 11.8 Å². The van der Waals surface area contributed by atoms with Crippen molar-refractivity contribution >= 4 is 5.84 Å². The highest BCUT2D eigenvalue weighted by Crippen LogP contribution is 2.46. The second-order valence-corrected chi connectivity index (χ2v) is 5.62. The van der Waals surface area contributed by atoms with Gasteiger partial charge in [0, 0.05) is 0 Å². The Hall–Kier alpha value is -0.570. The van der Waals surface area contributed by atoms with Gasteiger partial charge < -0.3 is 5.73 Å². The number of nitrogens with one attached hydrogen (secondary N) is 1. The standard InChI is InChI=1S/C13H25N3/c1-2-11(12(14)15)16-9-7-13(8-10-16)5-3-4-6-13/h11H,2-10H2,1H3,(H3,14,15). The van der Waals surface area contributed by atoms with Crippen LogP contribution in [0.3, 0.4) is 0 Å². The number of piperidine rings is 1. The van der Waals surface area contributed by atoms with Crippen molar-refractivity contribution in [2.45, 2.75) is 57.9 Å². The summed E-state index contributed by atoms with van der Waals surface area (Å²) in [6.45, 7) is 4.43. The van der Waals surface area contributed by atoms with Crippen LogP contribution in [0.25, 0.3) is 0 Å². The molecule has 1 aliphatic carbocycles. The lowest BCUT2D eigenvalue weighted by atomic mass is 9.76. The first kappa shape index (κ1) is 11.9. The molecular formula is C13H25N3. The van der Waals surface area contributed by atoms with Crippen molar-refractivity contribution in [1.82, 2.24) is 4.90 Å². The molecular weight excluding hydrogens is 198 g/mol. The molecule has 2 rings (SSSR count). The average molecular weight is 223 g/mol. The Morgan fingerprint density at radius 2 is 1.81 bits per heavy atom. The molecule has 2 aliphatic rings. The number of nitrogens with two attached hydrogens (primary N) is 1. The van der Waals surface area contributed by atoms with Gasteiger partial charge in [0.2, 0.25) is 0 Å². The van der Waals surface area contributed by atoms with E-state index in [9.17, 15) is 0 Å². The largest absolute Gasteiger partial charge is 0.386 e. The summed E-state index contributed by atoms with van der Waals surface area (Å²) < 4.78 is 0. The monoisotopic (exact) mass is 223 g/mol.